The minimum atomic E-state index is 0.554. The van der Waals surface area contributed by atoms with Crippen molar-refractivity contribution in [1.82, 2.24) is 19.5 Å². The number of hydrogen-bond donors (Lipinski definition) is 0. The van der Waals surface area contributed by atoms with Gasteiger partial charge in [-0.3, -0.25) is 0 Å². The van der Waals surface area contributed by atoms with Crippen LogP contribution in [-0.4, -0.2) is 19.5 Å². The summed E-state index contributed by atoms with van der Waals surface area (Å²) in [5, 5.41) is 6.62. The summed E-state index contributed by atoms with van der Waals surface area (Å²) in [6.45, 7) is 0. The van der Waals surface area contributed by atoms with Crippen LogP contribution in [0.15, 0.2) is 215 Å². The van der Waals surface area contributed by atoms with E-state index in [2.05, 4.69) is 150 Å². The number of fused-ring (bicyclic) bond motifs is 9. The van der Waals surface area contributed by atoms with Crippen LogP contribution in [-0.2, 0) is 0 Å². The summed E-state index contributed by atoms with van der Waals surface area (Å²) in [6, 6.07) is 71.6. The van der Waals surface area contributed by atoms with E-state index in [0.717, 1.165) is 88.4 Å². The zero-order valence-electron chi connectivity index (χ0n) is 33.7. The Hall–Kier alpha value is -8.61. The third kappa shape index (κ3) is 5.76. The van der Waals surface area contributed by atoms with Crippen LogP contribution >= 0.6 is 0 Å². The SMILES string of the molecule is c1ccc(-c2ccc3c(c2)c2ccccc2n3-c2ccc3oc4cc(-c5nc(-c6ccccc6)nc(-c6ccc7c(c6)oc6cccc(-c8ccccc8)c67)n5)ccc4c3c2)cc1. The molecule has 4 heterocycles. The predicted molar refractivity (Wildman–Crippen MR) is 256 cm³/mol. The van der Waals surface area contributed by atoms with Gasteiger partial charge in [-0.1, -0.05) is 140 Å². The molecule has 13 rings (SSSR count). The molecule has 4 aromatic heterocycles. The second-order valence-corrected chi connectivity index (χ2v) is 16.0. The van der Waals surface area contributed by atoms with Gasteiger partial charge < -0.3 is 13.4 Å². The summed E-state index contributed by atoms with van der Waals surface area (Å²) in [7, 11) is 0. The monoisotopic (exact) mass is 806 g/mol. The third-order valence-electron chi connectivity index (χ3n) is 12.3. The number of hydrogen-bond acceptors (Lipinski definition) is 5. The summed E-state index contributed by atoms with van der Waals surface area (Å²) in [5.41, 5.74) is 13.8. The molecule has 0 radical (unpaired) electrons. The van der Waals surface area contributed by atoms with Gasteiger partial charge in [0.2, 0.25) is 0 Å². The molecule has 0 spiro atoms. The summed E-state index contributed by atoms with van der Waals surface area (Å²) in [5.74, 6) is 1.70. The zero-order valence-corrected chi connectivity index (χ0v) is 33.7. The Labute approximate surface area is 361 Å². The molecule has 0 aliphatic rings. The molecule has 6 nitrogen and oxygen atoms in total. The Morgan fingerprint density at radius 2 is 0.889 bits per heavy atom. The second-order valence-electron chi connectivity index (χ2n) is 16.0. The van der Waals surface area contributed by atoms with Crippen LogP contribution < -0.4 is 0 Å². The van der Waals surface area contributed by atoms with Gasteiger partial charge in [0.15, 0.2) is 17.5 Å². The molecule has 0 saturated carbocycles. The molecule has 0 amide bonds. The van der Waals surface area contributed by atoms with E-state index in [9.17, 15) is 0 Å². The van der Waals surface area contributed by atoms with Gasteiger partial charge in [0.25, 0.3) is 0 Å². The van der Waals surface area contributed by atoms with Gasteiger partial charge in [0, 0.05) is 54.7 Å². The van der Waals surface area contributed by atoms with Gasteiger partial charge in [-0.05, 0) is 89.0 Å². The van der Waals surface area contributed by atoms with E-state index in [1.165, 1.54) is 21.9 Å². The van der Waals surface area contributed by atoms with Crippen LogP contribution in [0.25, 0.3) is 128 Å². The van der Waals surface area contributed by atoms with Gasteiger partial charge in [-0.15, -0.1) is 0 Å². The number of benzene rings is 9. The maximum Gasteiger partial charge on any atom is 0.164 e. The topological polar surface area (TPSA) is 69.9 Å². The number of rotatable bonds is 6. The number of para-hydroxylation sites is 1. The van der Waals surface area contributed by atoms with Crippen LogP contribution in [0.5, 0.6) is 0 Å². The molecule has 0 saturated heterocycles. The molecule has 0 atom stereocenters. The lowest BCUT2D eigenvalue weighted by Gasteiger charge is -2.09. The van der Waals surface area contributed by atoms with Crippen molar-refractivity contribution < 1.29 is 8.83 Å². The highest BCUT2D eigenvalue weighted by Gasteiger charge is 2.19. The summed E-state index contributed by atoms with van der Waals surface area (Å²) >= 11 is 0. The van der Waals surface area contributed by atoms with E-state index in [-0.39, 0.29) is 0 Å². The minimum Gasteiger partial charge on any atom is -0.456 e. The number of aromatic nitrogens is 4. The fourth-order valence-corrected chi connectivity index (χ4v) is 9.28. The van der Waals surface area contributed by atoms with Gasteiger partial charge >= 0.3 is 0 Å². The normalized spacial score (nSPS) is 11.8. The Kier molecular flexibility index (Phi) is 7.80. The average Bonchev–Trinajstić information content (AvgIpc) is 4.03. The first-order valence-electron chi connectivity index (χ1n) is 21.1. The highest BCUT2D eigenvalue weighted by atomic mass is 16.3. The lowest BCUT2D eigenvalue weighted by Crippen LogP contribution is -2.00. The van der Waals surface area contributed by atoms with Crippen molar-refractivity contribution in [3.05, 3.63) is 206 Å². The van der Waals surface area contributed by atoms with Crippen molar-refractivity contribution >= 4 is 65.7 Å². The Balaban J connectivity index is 0.920. The minimum absolute atomic E-state index is 0.554. The van der Waals surface area contributed by atoms with Crippen molar-refractivity contribution in [1.29, 1.82) is 0 Å². The molecule has 0 aliphatic carbocycles. The molecule has 13 aromatic rings. The molecule has 0 unspecified atom stereocenters. The van der Waals surface area contributed by atoms with Gasteiger partial charge in [-0.2, -0.15) is 0 Å². The van der Waals surface area contributed by atoms with Gasteiger partial charge in [-0.25, -0.2) is 15.0 Å². The third-order valence-corrected chi connectivity index (χ3v) is 12.3. The first-order chi connectivity index (χ1) is 31.2. The van der Waals surface area contributed by atoms with Crippen molar-refractivity contribution in [2.45, 2.75) is 0 Å². The summed E-state index contributed by atoms with van der Waals surface area (Å²) in [4.78, 5) is 15.2. The predicted octanol–water partition coefficient (Wildman–Crippen LogP) is 15.1. The Morgan fingerprint density at radius 3 is 1.63 bits per heavy atom. The fourth-order valence-electron chi connectivity index (χ4n) is 9.28. The largest absolute Gasteiger partial charge is 0.456 e. The number of nitrogens with zero attached hydrogens (tertiary/aromatic N) is 4. The molecule has 0 N–H and O–H groups in total. The van der Waals surface area contributed by atoms with Crippen LogP contribution in [0, 0.1) is 0 Å². The van der Waals surface area contributed by atoms with E-state index >= 15 is 0 Å². The lowest BCUT2D eigenvalue weighted by atomic mass is 9.99. The smallest absolute Gasteiger partial charge is 0.164 e. The highest BCUT2D eigenvalue weighted by molar-refractivity contribution is 6.14. The maximum atomic E-state index is 6.58. The Bertz CT molecular complexity index is 3900. The van der Waals surface area contributed by atoms with Crippen molar-refractivity contribution in [2.24, 2.45) is 0 Å². The summed E-state index contributed by atoms with van der Waals surface area (Å²) in [6.07, 6.45) is 0. The van der Waals surface area contributed by atoms with Gasteiger partial charge in [0.05, 0.1) is 11.0 Å². The number of furan rings is 2. The van der Waals surface area contributed by atoms with Gasteiger partial charge in [0.1, 0.15) is 22.3 Å². The van der Waals surface area contributed by atoms with Crippen LogP contribution in [0.3, 0.4) is 0 Å². The second kappa shape index (κ2) is 14.0. The molecule has 63 heavy (non-hydrogen) atoms. The summed E-state index contributed by atoms with van der Waals surface area (Å²) < 4.78 is 15.4. The van der Waals surface area contributed by atoms with Crippen LogP contribution in [0.4, 0.5) is 0 Å². The van der Waals surface area contributed by atoms with Crippen molar-refractivity contribution in [3.8, 4) is 62.1 Å². The van der Waals surface area contributed by atoms with Crippen molar-refractivity contribution in [2.75, 3.05) is 0 Å². The maximum absolute atomic E-state index is 6.58. The molecule has 294 valence electrons. The first kappa shape index (κ1) is 35.2. The first-order valence-corrected chi connectivity index (χ1v) is 21.1. The van der Waals surface area contributed by atoms with E-state index in [0.29, 0.717) is 17.5 Å². The molecule has 9 aromatic carbocycles. The zero-order chi connectivity index (χ0) is 41.4. The molecular formula is C57H34N4O2. The molecular weight excluding hydrogens is 773 g/mol. The molecule has 0 fully saturated rings. The standard InChI is InChI=1S/C57H34N4O2/c1-4-13-35(14-5-1)38-25-29-49-46(31-38)43-19-10-11-21-48(43)61(49)41-26-30-50-47(34-41)44-27-23-39(32-52(44)62-50)56-58-55(37-17-8-3-9-18-37)59-57(60-56)40-24-28-45-53(33-40)63-51-22-12-20-42(54(45)51)36-15-6-2-7-16-36/h1-34H. The van der Waals surface area contributed by atoms with Crippen molar-refractivity contribution in [3.63, 3.8) is 0 Å². The van der Waals surface area contributed by atoms with Crippen LogP contribution in [0.1, 0.15) is 0 Å². The van der Waals surface area contributed by atoms with E-state index in [1.54, 1.807) is 0 Å². The van der Waals surface area contributed by atoms with Crippen LogP contribution in [0.2, 0.25) is 0 Å². The highest BCUT2D eigenvalue weighted by Crippen LogP contribution is 2.40. The van der Waals surface area contributed by atoms with E-state index in [1.807, 2.05) is 60.7 Å². The quantitative estimate of drug-likeness (QED) is 0.167. The van der Waals surface area contributed by atoms with E-state index in [4.69, 9.17) is 23.8 Å². The lowest BCUT2D eigenvalue weighted by molar-refractivity contribution is 0.668. The molecule has 6 heteroatoms. The molecule has 0 aliphatic heterocycles. The van der Waals surface area contributed by atoms with E-state index < -0.39 is 0 Å². The average molecular weight is 807 g/mol. The fraction of sp³-hybridized carbons (Fsp3) is 0. The Morgan fingerprint density at radius 1 is 0.302 bits per heavy atom. The molecule has 0 bridgehead atoms.